The highest BCUT2D eigenvalue weighted by Gasteiger charge is 2.11. The second-order valence-electron chi connectivity index (χ2n) is 5.78. The van der Waals surface area contributed by atoms with Gasteiger partial charge in [0.15, 0.2) is 0 Å². The number of phenolic OH excluding ortho intramolecular Hbond substituents is 1. The molecule has 0 unspecified atom stereocenters. The summed E-state index contributed by atoms with van der Waals surface area (Å²) in [4.78, 5) is 4.88. The van der Waals surface area contributed by atoms with Crippen molar-refractivity contribution in [3.8, 4) is 5.75 Å². The lowest BCUT2D eigenvalue weighted by Crippen LogP contribution is -2.34. The molecule has 3 nitrogen and oxygen atoms in total. The van der Waals surface area contributed by atoms with Crippen LogP contribution in [0.25, 0.3) is 0 Å². The van der Waals surface area contributed by atoms with Crippen molar-refractivity contribution in [3.63, 3.8) is 0 Å². The number of thioether (sulfide) groups is 1. The molecule has 0 atom stereocenters. The maximum atomic E-state index is 10.2. The van der Waals surface area contributed by atoms with Crippen LogP contribution in [0, 0.1) is 10.5 Å². The highest BCUT2D eigenvalue weighted by Crippen LogP contribution is 2.25. The summed E-state index contributed by atoms with van der Waals surface area (Å²) in [6.07, 6.45) is 1.20. The van der Waals surface area contributed by atoms with Gasteiger partial charge in [-0.3, -0.25) is 0 Å². The van der Waals surface area contributed by atoms with Crippen molar-refractivity contribution in [1.29, 1.82) is 0 Å². The summed E-state index contributed by atoms with van der Waals surface area (Å²) in [7, 11) is 2.14. The number of benzene rings is 1. The van der Waals surface area contributed by atoms with Gasteiger partial charge in [0.1, 0.15) is 5.75 Å². The van der Waals surface area contributed by atoms with Crippen LogP contribution in [0.2, 0.25) is 0 Å². The highest BCUT2D eigenvalue weighted by atomic mass is 127. The van der Waals surface area contributed by atoms with Crippen molar-refractivity contribution in [2.45, 2.75) is 19.9 Å². The zero-order chi connectivity index (χ0) is 15.2. The first-order valence-electron chi connectivity index (χ1n) is 7.53. The van der Waals surface area contributed by atoms with E-state index in [1.54, 1.807) is 0 Å². The summed E-state index contributed by atoms with van der Waals surface area (Å²) in [5.41, 5.74) is 2.01. The van der Waals surface area contributed by atoms with Crippen LogP contribution in [-0.2, 0) is 6.54 Å². The SMILES string of the molecule is Cc1cc(I)cc(CN(C)CCCN2CCSCC2)c1O. The number of nitrogens with zero attached hydrogens (tertiary/aromatic N) is 2. The van der Waals surface area contributed by atoms with Crippen LogP contribution >= 0.6 is 34.4 Å². The zero-order valence-corrected chi connectivity index (χ0v) is 15.9. The van der Waals surface area contributed by atoms with Crippen molar-refractivity contribution in [2.75, 3.05) is 44.7 Å². The molecule has 1 aromatic rings. The van der Waals surface area contributed by atoms with Gasteiger partial charge in [0, 0.05) is 40.3 Å². The standard InChI is InChI=1S/C16H25IN2OS/c1-13-10-15(17)11-14(16(13)20)12-18(2)4-3-5-19-6-8-21-9-7-19/h10-11,20H,3-9,12H2,1-2H3. The van der Waals surface area contributed by atoms with Crippen molar-refractivity contribution in [1.82, 2.24) is 9.80 Å². The average molecular weight is 420 g/mol. The third kappa shape index (κ3) is 5.62. The van der Waals surface area contributed by atoms with Crippen molar-refractivity contribution in [2.24, 2.45) is 0 Å². The Kier molecular flexibility index (Phi) is 7.12. The van der Waals surface area contributed by atoms with Crippen molar-refractivity contribution >= 4 is 34.4 Å². The monoisotopic (exact) mass is 420 g/mol. The van der Waals surface area contributed by atoms with Gasteiger partial charge in [-0.25, -0.2) is 0 Å². The molecule has 1 heterocycles. The molecule has 2 rings (SSSR count). The Morgan fingerprint density at radius 3 is 2.76 bits per heavy atom. The Morgan fingerprint density at radius 2 is 2.05 bits per heavy atom. The molecule has 0 amide bonds. The van der Waals surface area contributed by atoms with E-state index in [9.17, 15) is 5.11 Å². The van der Waals surface area contributed by atoms with Crippen LogP contribution in [0.3, 0.4) is 0 Å². The van der Waals surface area contributed by atoms with Gasteiger partial charge >= 0.3 is 0 Å². The van der Waals surface area contributed by atoms with Crippen LogP contribution in [0.15, 0.2) is 12.1 Å². The molecule has 1 fully saturated rings. The van der Waals surface area contributed by atoms with Gasteiger partial charge < -0.3 is 14.9 Å². The molecular weight excluding hydrogens is 395 g/mol. The van der Waals surface area contributed by atoms with Crippen LogP contribution in [-0.4, -0.2) is 59.6 Å². The third-order valence-corrected chi connectivity index (χ3v) is 5.47. The average Bonchev–Trinajstić information content (AvgIpc) is 2.45. The van der Waals surface area contributed by atoms with E-state index in [-0.39, 0.29) is 0 Å². The van der Waals surface area contributed by atoms with Gasteiger partial charge in [-0.05, 0) is 73.8 Å². The lowest BCUT2D eigenvalue weighted by atomic mass is 10.1. The van der Waals surface area contributed by atoms with E-state index in [4.69, 9.17) is 0 Å². The van der Waals surface area contributed by atoms with Crippen LogP contribution in [0.5, 0.6) is 5.75 Å². The van der Waals surface area contributed by atoms with Crippen LogP contribution in [0.4, 0.5) is 0 Å². The van der Waals surface area contributed by atoms with Gasteiger partial charge in [0.25, 0.3) is 0 Å². The summed E-state index contributed by atoms with van der Waals surface area (Å²) < 4.78 is 1.19. The molecule has 1 aromatic carbocycles. The van der Waals surface area contributed by atoms with E-state index in [1.165, 1.54) is 41.1 Å². The molecular formula is C16H25IN2OS. The molecule has 118 valence electrons. The fourth-order valence-electron chi connectivity index (χ4n) is 2.68. The molecule has 1 N–H and O–H groups in total. The van der Waals surface area contributed by atoms with Crippen LogP contribution < -0.4 is 0 Å². The Hall–Kier alpha value is 0.0200. The summed E-state index contributed by atoms with van der Waals surface area (Å²) in [6.45, 7) is 7.54. The molecule has 1 aliphatic heterocycles. The van der Waals surface area contributed by atoms with Gasteiger partial charge in [0.2, 0.25) is 0 Å². The summed E-state index contributed by atoms with van der Waals surface area (Å²) in [6, 6.07) is 4.11. The number of aromatic hydroxyl groups is 1. The molecule has 0 bridgehead atoms. The van der Waals surface area contributed by atoms with Crippen molar-refractivity contribution < 1.29 is 5.11 Å². The quantitative estimate of drug-likeness (QED) is 0.716. The molecule has 0 spiro atoms. The van der Waals surface area contributed by atoms with Crippen molar-refractivity contribution in [3.05, 3.63) is 26.8 Å². The molecule has 0 saturated carbocycles. The summed E-state index contributed by atoms with van der Waals surface area (Å²) in [5.74, 6) is 3.02. The molecule has 0 aliphatic carbocycles. The lowest BCUT2D eigenvalue weighted by molar-refractivity contribution is 0.257. The number of rotatable bonds is 6. The zero-order valence-electron chi connectivity index (χ0n) is 12.9. The Morgan fingerprint density at radius 1 is 1.33 bits per heavy atom. The van der Waals surface area contributed by atoms with Gasteiger partial charge in [0.05, 0.1) is 0 Å². The van der Waals surface area contributed by atoms with Gasteiger partial charge in [-0.15, -0.1) is 0 Å². The topological polar surface area (TPSA) is 26.7 Å². The number of aryl methyl sites for hydroxylation is 1. The van der Waals surface area contributed by atoms with E-state index in [1.807, 2.05) is 13.0 Å². The minimum absolute atomic E-state index is 0.454. The van der Waals surface area contributed by atoms with E-state index in [0.29, 0.717) is 5.75 Å². The molecule has 1 aliphatic rings. The first kappa shape index (κ1) is 17.4. The normalized spacial score (nSPS) is 16.6. The number of halogens is 1. The minimum atomic E-state index is 0.454. The summed E-state index contributed by atoms with van der Waals surface area (Å²) in [5, 5.41) is 10.2. The molecule has 21 heavy (non-hydrogen) atoms. The largest absolute Gasteiger partial charge is 0.507 e. The second kappa shape index (κ2) is 8.60. The maximum absolute atomic E-state index is 10.2. The second-order valence-corrected chi connectivity index (χ2v) is 8.25. The van der Waals surface area contributed by atoms with Crippen LogP contribution in [0.1, 0.15) is 17.5 Å². The Bertz CT molecular complexity index is 464. The molecule has 0 aromatic heterocycles. The third-order valence-electron chi connectivity index (χ3n) is 3.90. The molecule has 5 heteroatoms. The number of phenols is 1. The van der Waals surface area contributed by atoms with Gasteiger partial charge in [-0.1, -0.05) is 0 Å². The van der Waals surface area contributed by atoms with E-state index in [0.717, 1.165) is 24.2 Å². The van der Waals surface area contributed by atoms with Gasteiger partial charge in [-0.2, -0.15) is 11.8 Å². The number of hydrogen-bond acceptors (Lipinski definition) is 4. The fraction of sp³-hybridized carbons (Fsp3) is 0.625. The molecule has 0 radical (unpaired) electrons. The smallest absolute Gasteiger partial charge is 0.123 e. The Balaban J connectivity index is 1.77. The minimum Gasteiger partial charge on any atom is -0.507 e. The predicted octanol–water partition coefficient (Wildman–Crippen LogP) is 3.18. The maximum Gasteiger partial charge on any atom is 0.123 e. The molecule has 1 saturated heterocycles. The van der Waals surface area contributed by atoms with E-state index in [2.05, 4.69) is 57.3 Å². The lowest BCUT2D eigenvalue weighted by Gasteiger charge is -2.27. The fourth-order valence-corrected chi connectivity index (χ4v) is 4.51. The number of hydrogen-bond donors (Lipinski definition) is 1. The first-order valence-corrected chi connectivity index (χ1v) is 9.76. The first-order chi connectivity index (χ1) is 10.1. The predicted molar refractivity (Wildman–Crippen MR) is 100 cm³/mol. The summed E-state index contributed by atoms with van der Waals surface area (Å²) >= 11 is 4.38. The highest BCUT2D eigenvalue weighted by molar-refractivity contribution is 14.1. The van der Waals surface area contributed by atoms with E-state index < -0.39 is 0 Å². The Labute approximate surface area is 146 Å². The van der Waals surface area contributed by atoms with E-state index >= 15 is 0 Å².